The molecule has 1 saturated heterocycles. The fourth-order valence-corrected chi connectivity index (χ4v) is 3.95. The minimum atomic E-state index is -3.66. The van der Waals surface area contributed by atoms with Gasteiger partial charge in [0.15, 0.2) is 0 Å². The van der Waals surface area contributed by atoms with Gasteiger partial charge in [-0.25, -0.2) is 13.4 Å². The number of nitrogens with zero attached hydrogens (tertiary/aromatic N) is 3. The van der Waals surface area contributed by atoms with E-state index in [-0.39, 0.29) is 29.2 Å². The van der Waals surface area contributed by atoms with Crippen molar-refractivity contribution in [2.24, 2.45) is 5.92 Å². The van der Waals surface area contributed by atoms with Gasteiger partial charge in [-0.15, -0.1) is 0 Å². The summed E-state index contributed by atoms with van der Waals surface area (Å²) < 4.78 is 26.2. The molecule has 1 fully saturated rings. The molecule has 2 atom stereocenters. The molecule has 1 aromatic heterocycles. The Morgan fingerprint density at radius 3 is 2.84 bits per heavy atom. The first-order valence-corrected chi connectivity index (χ1v) is 7.43. The summed E-state index contributed by atoms with van der Waals surface area (Å²) in [6.45, 7) is 2.13. The van der Waals surface area contributed by atoms with Crippen molar-refractivity contribution >= 4 is 10.0 Å². The Bertz CT molecular complexity index is 592. The molecule has 2 rings (SSSR count). The number of hydrogen-bond donors (Lipinski definition) is 1. The Hall–Kier alpha value is -1.49. The first-order chi connectivity index (χ1) is 9.00. The smallest absolute Gasteiger partial charge is 0.244 e. The van der Waals surface area contributed by atoms with E-state index in [1.807, 2.05) is 13.0 Å². The highest BCUT2D eigenvalue weighted by Gasteiger charge is 2.39. The van der Waals surface area contributed by atoms with Crippen LogP contribution in [0, 0.1) is 17.2 Å². The predicted octanol–water partition coefficient (Wildman–Crippen LogP) is 0.345. The number of hydrogen-bond acceptors (Lipinski definition) is 5. The zero-order valence-corrected chi connectivity index (χ0v) is 11.3. The maximum Gasteiger partial charge on any atom is 0.244 e. The fraction of sp³-hybridized carbons (Fsp3) is 0.500. The second-order valence-electron chi connectivity index (χ2n) is 4.62. The molecule has 0 amide bonds. The van der Waals surface area contributed by atoms with Gasteiger partial charge in [-0.2, -0.15) is 9.57 Å². The van der Waals surface area contributed by atoms with E-state index in [1.165, 1.54) is 22.6 Å². The summed E-state index contributed by atoms with van der Waals surface area (Å²) in [5, 5.41) is 18.0. The average molecular weight is 281 g/mol. The van der Waals surface area contributed by atoms with Gasteiger partial charge in [0.05, 0.1) is 12.6 Å². The van der Waals surface area contributed by atoms with Crippen LogP contribution in [0.4, 0.5) is 0 Å². The topological polar surface area (TPSA) is 94.3 Å². The van der Waals surface area contributed by atoms with Gasteiger partial charge in [0.1, 0.15) is 16.7 Å². The summed E-state index contributed by atoms with van der Waals surface area (Å²) in [7, 11) is -3.66. The van der Waals surface area contributed by atoms with Crippen LogP contribution in [0.15, 0.2) is 23.2 Å². The number of aliphatic hydroxyl groups is 1. The fourth-order valence-electron chi connectivity index (χ4n) is 2.28. The van der Waals surface area contributed by atoms with Crippen molar-refractivity contribution in [2.45, 2.75) is 24.3 Å². The Morgan fingerprint density at radius 2 is 2.32 bits per heavy atom. The quantitative estimate of drug-likeness (QED) is 0.862. The third-order valence-corrected chi connectivity index (χ3v) is 5.38. The molecule has 102 valence electrons. The molecule has 6 nitrogen and oxygen atoms in total. The zero-order valence-electron chi connectivity index (χ0n) is 10.5. The SMILES string of the molecule is CC1CCN(S(=O)(=O)c2ccc(C#N)nc2)C1CO. The number of sulfonamides is 1. The second-order valence-corrected chi connectivity index (χ2v) is 6.51. The predicted molar refractivity (Wildman–Crippen MR) is 67.5 cm³/mol. The van der Waals surface area contributed by atoms with E-state index in [1.54, 1.807) is 0 Å². The van der Waals surface area contributed by atoms with Gasteiger partial charge in [-0.1, -0.05) is 6.92 Å². The summed E-state index contributed by atoms with van der Waals surface area (Å²) in [4.78, 5) is 3.83. The van der Waals surface area contributed by atoms with Gasteiger partial charge in [0.25, 0.3) is 0 Å². The molecule has 0 saturated carbocycles. The standard InChI is InChI=1S/C12H15N3O3S/c1-9-4-5-15(12(9)8-16)19(17,18)11-3-2-10(6-13)14-7-11/h2-3,7,9,12,16H,4-5,8H2,1H3. The minimum absolute atomic E-state index is 0.0547. The molecule has 0 aromatic carbocycles. The Morgan fingerprint density at radius 1 is 1.58 bits per heavy atom. The van der Waals surface area contributed by atoms with Gasteiger partial charge in [0.2, 0.25) is 10.0 Å². The number of rotatable bonds is 3. The van der Waals surface area contributed by atoms with Crippen LogP contribution in [0.1, 0.15) is 19.0 Å². The first-order valence-electron chi connectivity index (χ1n) is 5.99. The summed E-state index contributed by atoms with van der Waals surface area (Å²) in [6, 6.07) is 4.20. The van der Waals surface area contributed by atoms with E-state index in [2.05, 4.69) is 4.98 Å². The van der Waals surface area contributed by atoms with Gasteiger partial charge in [-0.3, -0.25) is 0 Å². The molecule has 1 aromatic rings. The third kappa shape index (κ3) is 2.47. The van der Waals surface area contributed by atoms with Crippen molar-refractivity contribution in [3.63, 3.8) is 0 Å². The molecule has 7 heteroatoms. The lowest BCUT2D eigenvalue weighted by Crippen LogP contribution is -2.39. The summed E-state index contributed by atoms with van der Waals surface area (Å²) >= 11 is 0. The maximum atomic E-state index is 12.4. The molecule has 0 spiro atoms. The Labute approximate surface area is 112 Å². The van der Waals surface area contributed by atoms with Crippen molar-refractivity contribution in [3.05, 3.63) is 24.0 Å². The van der Waals surface area contributed by atoms with E-state index in [0.29, 0.717) is 6.54 Å². The van der Waals surface area contributed by atoms with Crippen LogP contribution in [0.25, 0.3) is 0 Å². The maximum absolute atomic E-state index is 12.4. The number of aromatic nitrogens is 1. The molecule has 2 heterocycles. The highest BCUT2D eigenvalue weighted by Crippen LogP contribution is 2.29. The molecule has 1 N–H and O–H groups in total. The molecule has 0 bridgehead atoms. The molecule has 1 aliphatic heterocycles. The lowest BCUT2D eigenvalue weighted by atomic mass is 10.0. The molecular formula is C12H15N3O3S. The van der Waals surface area contributed by atoms with Gasteiger partial charge >= 0.3 is 0 Å². The monoisotopic (exact) mass is 281 g/mol. The summed E-state index contributed by atoms with van der Waals surface area (Å²) in [5.41, 5.74) is 0.174. The van der Waals surface area contributed by atoms with Crippen LogP contribution in [-0.4, -0.2) is 42.0 Å². The van der Waals surface area contributed by atoms with Crippen molar-refractivity contribution in [2.75, 3.05) is 13.2 Å². The number of aliphatic hydroxyl groups excluding tert-OH is 1. The van der Waals surface area contributed by atoms with Crippen LogP contribution < -0.4 is 0 Å². The second kappa shape index (κ2) is 5.25. The molecule has 19 heavy (non-hydrogen) atoms. The molecule has 0 radical (unpaired) electrons. The molecular weight excluding hydrogens is 266 g/mol. The lowest BCUT2D eigenvalue weighted by molar-refractivity contribution is 0.191. The first kappa shape index (κ1) is 13.9. The minimum Gasteiger partial charge on any atom is -0.395 e. The van der Waals surface area contributed by atoms with Crippen molar-refractivity contribution in [3.8, 4) is 6.07 Å². The van der Waals surface area contributed by atoms with Gasteiger partial charge < -0.3 is 5.11 Å². The van der Waals surface area contributed by atoms with Crippen LogP contribution in [0.5, 0.6) is 0 Å². The van der Waals surface area contributed by atoms with E-state index >= 15 is 0 Å². The van der Waals surface area contributed by atoms with E-state index < -0.39 is 10.0 Å². The lowest BCUT2D eigenvalue weighted by Gasteiger charge is -2.24. The van der Waals surface area contributed by atoms with Crippen molar-refractivity contribution in [1.29, 1.82) is 5.26 Å². The number of nitriles is 1. The largest absolute Gasteiger partial charge is 0.395 e. The van der Waals surface area contributed by atoms with E-state index in [9.17, 15) is 13.5 Å². The molecule has 0 aliphatic carbocycles. The zero-order chi connectivity index (χ0) is 14.0. The van der Waals surface area contributed by atoms with Crippen molar-refractivity contribution in [1.82, 2.24) is 9.29 Å². The molecule has 1 aliphatic rings. The number of pyridine rings is 1. The van der Waals surface area contributed by atoms with Crippen LogP contribution in [0.3, 0.4) is 0 Å². The molecule has 2 unspecified atom stereocenters. The van der Waals surface area contributed by atoms with Crippen molar-refractivity contribution < 1.29 is 13.5 Å². The van der Waals surface area contributed by atoms with Crippen LogP contribution >= 0.6 is 0 Å². The van der Waals surface area contributed by atoms with Crippen LogP contribution in [0.2, 0.25) is 0 Å². The Kier molecular flexibility index (Phi) is 3.85. The van der Waals surface area contributed by atoms with Crippen LogP contribution in [-0.2, 0) is 10.0 Å². The van der Waals surface area contributed by atoms with Gasteiger partial charge in [-0.05, 0) is 24.5 Å². The van der Waals surface area contributed by atoms with E-state index in [0.717, 1.165) is 6.42 Å². The third-order valence-electron chi connectivity index (χ3n) is 3.48. The highest BCUT2D eigenvalue weighted by atomic mass is 32.2. The summed E-state index contributed by atoms with van der Waals surface area (Å²) in [5.74, 6) is 0.131. The normalized spacial score (nSPS) is 24.3. The summed E-state index contributed by atoms with van der Waals surface area (Å²) in [6.07, 6.45) is 1.92. The van der Waals surface area contributed by atoms with Gasteiger partial charge in [0, 0.05) is 12.7 Å². The Balaban J connectivity index is 2.34. The average Bonchev–Trinajstić information content (AvgIpc) is 2.80. The highest BCUT2D eigenvalue weighted by molar-refractivity contribution is 7.89. The van der Waals surface area contributed by atoms with E-state index in [4.69, 9.17) is 5.26 Å².